The van der Waals surface area contributed by atoms with Crippen molar-refractivity contribution >= 4 is 22.0 Å². The normalized spacial score (nSPS) is 26.3. The summed E-state index contributed by atoms with van der Waals surface area (Å²) in [5.74, 6) is -1.50. The molecule has 1 aliphatic carbocycles. The number of carbonyl (C=O) groups is 2. The van der Waals surface area contributed by atoms with Crippen molar-refractivity contribution < 1.29 is 27.9 Å². The smallest absolute Gasteiger partial charge is 0.324 e. The van der Waals surface area contributed by atoms with Crippen molar-refractivity contribution in [2.75, 3.05) is 12.9 Å². The van der Waals surface area contributed by atoms with Crippen LogP contribution in [0.3, 0.4) is 0 Å². The summed E-state index contributed by atoms with van der Waals surface area (Å²) in [6.07, 6.45) is 2.04. The molecular formula is C13H23NO6S. The Bertz CT molecular complexity index is 479. The molecule has 0 aromatic heterocycles. The minimum Gasteiger partial charge on any atom is -0.480 e. The van der Waals surface area contributed by atoms with Crippen molar-refractivity contribution in [1.29, 1.82) is 0 Å². The van der Waals surface area contributed by atoms with Crippen LogP contribution < -0.4 is 4.72 Å². The molecule has 0 aromatic rings. The quantitative estimate of drug-likeness (QED) is 0.674. The number of methoxy groups -OCH3 is 1. The van der Waals surface area contributed by atoms with E-state index >= 15 is 0 Å². The monoisotopic (exact) mass is 321 g/mol. The van der Waals surface area contributed by atoms with Gasteiger partial charge in [0.15, 0.2) is 0 Å². The number of carbonyl (C=O) groups excluding carboxylic acids is 1. The molecule has 1 saturated carbocycles. The van der Waals surface area contributed by atoms with Crippen molar-refractivity contribution in [2.24, 2.45) is 5.92 Å². The van der Waals surface area contributed by atoms with Crippen LogP contribution >= 0.6 is 0 Å². The number of esters is 1. The Labute approximate surface area is 125 Å². The largest absolute Gasteiger partial charge is 0.480 e. The number of ether oxygens (including phenoxy) is 1. The lowest BCUT2D eigenvalue weighted by atomic mass is 9.78. The molecule has 0 saturated heterocycles. The summed E-state index contributed by atoms with van der Waals surface area (Å²) in [5, 5.41) is 9.39. The first-order valence-electron chi connectivity index (χ1n) is 7.02. The van der Waals surface area contributed by atoms with Crippen LogP contribution in [0.5, 0.6) is 0 Å². The predicted molar refractivity (Wildman–Crippen MR) is 76.2 cm³/mol. The standard InChI is InChI=1S/C13H23NO6S/c1-10-5-7-13(8-6-10,12(16)17)14-21(18,19)9-3-4-11(15)20-2/h10,14H,3-9H2,1-2H3,(H,16,17). The van der Waals surface area contributed by atoms with Crippen LogP contribution in [0.1, 0.15) is 45.4 Å². The zero-order chi connectivity index (χ0) is 16.1. The van der Waals surface area contributed by atoms with Crippen molar-refractivity contribution in [2.45, 2.75) is 51.0 Å². The molecule has 1 fully saturated rings. The maximum atomic E-state index is 12.0. The van der Waals surface area contributed by atoms with Gasteiger partial charge in [0, 0.05) is 6.42 Å². The summed E-state index contributed by atoms with van der Waals surface area (Å²) in [7, 11) is -2.51. The first kappa shape index (κ1) is 17.9. The summed E-state index contributed by atoms with van der Waals surface area (Å²) in [6, 6.07) is 0. The van der Waals surface area contributed by atoms with E-state index in [9.17, 15) is 23.1 Å². The fourth-order valence-electron chi connectivity index (χ4n) is 2.47. The van der Waals surface area contributed by atoms with Gasteiger partial charge in [-0.2, -0.15) is 4.72 Å². The molecule has 0 heterocycles. The summed E-state index contributed by atoms with van der Waals surface area (Å²) < 4.78 is 30.8. The van der Waals surface area contributed by atoms with Gasteiger partial charge in [-0.25, -0.2) is 8.42 Å². The number of sulfonamides is 1. The van der Waals surface area contributed by atoms with Gasteiger partial charge in [-0.05, 0) is 38.0 Å². The van der Waals surface area contributed by atoms with Crippen molar-refractivity contribution in [1.82, 2.24) is 4.72 Å². The molecule has 7 nitrogen and oxygen atoms in total. The van der Waals surface area contributed by atoms with E-state index in [1.807, 2.05) is 6.92 Å². The number of carboxylic acid groups (broad SMARTS) is 1. The highest BCUT2D eigenvalue weighted by atomic mass is 32.2. The van der Waals surface area contributed by atoms with Gasteiger partial charge in [-0.3, -0.25) is 9.59 Å². The third kappa shape index (κ3) is 5.28. The van der Waals surface area contributed by atoms with E-state index < -0.39 is 27.5 Å². The summed E-state index contributed by atoms with van der Waals surface area (Å²) in [5.41, 5.74) is -1.41. The van der Waals surface area contributed by atoms with E-state index in [1.54, 1.807) is 0 Å². The average molecular weight is 321 g/mol. The molecule has 8 heteroatoms. The maximum absolute atomic E-state index is 12.0. The van der Waals surface area contributed by atoms with Crippen LogP contribution in [-0.2, 0) is 24.3 Å². The molecule has 21 heavy (non-hydrogen) atoms. The topological polar surface area (TPSA) is 110 Å². The van der Waals surface area contributed by atoms with E-state index in [0.717, 1.165) is 0 Å². The second kappa shape index (κ2) is 7.22. The van der Waals surface area contributed by atoms with Crippen LogP contribution in [0.2, 0.25) is 0 Å². The lowest BCUT2D eigenvalue weighted by Gasteiger charge is -2.36. The molecule has 1 aliphatic rings. The molecule has 1 rings (SSSR count). The number of hydrogen-bond donors (Lipinski definition) is 2. The summed E-state index contributed by atoms with van der Waals surface area (Å²) in [4.78, 5) is 22.5. The Balaban J connectivity index is 2.66. The Hall–Kier alpha value is -1.15. The van der Waals surface area contributed by atoms with Gasteiger partial charge in [-0.1, -0.05) is 6.92 Å². The van der Waals surface area contributed by atoms with E-state index in [0.29, 0.717) is 31.6 Å². The summed E-state index contributed by atoms with van der Waals surface area (Å²) in [6.45, 7) is 2.02. The third-order valence-corrected chi connectivity index (χ3v) is 5.44. The van der Waals surface area contributed by atoms with Gasteiger partial charge in [0.25, 0.3) is 0 Å². The SMILES string of the molecule is COC(=O)CCCS(=O)(=O)NC1(C(=O)O)CCC(C)CC1. The molecule has 0 aromatic carbocycles. The van der Waals surface area contributed by atoms with Crippen LogP contribution in [0.4, 0.5) is 0 Å². The van der Waals surface area contributed by atoms with Crippen LogP contribution in [0, 0.1) is 5.92 Å². The van der Waals surface area contributed by atoms with Gasteiger partial charge in [0.2, 0.25) is 10.0 Å². The highest BCUT2D eigenvalue weighted by Gasteiger charge is 2.44. The third-order valence-electron chi connectivity index (χ3n) is 3.91. The average Bonchev–Trinajstić information content (AvgIpc) is 2.40. The predicted octanol–water partition coefficient (Wildman–Crippen LogP) is 0.892. The number of aliphatic carboxylic acids is 1. The molecule has 0 amide bonds. The Morgan fingerprint density at radius 3 is 2.38 bits per heavy atom. The van der Waals surface area contributed by atoms with Crippen LogP contribution in [-0.4, -0.2) is 43.9 Å². The summed E-state index contributed by atoms with van der Waals surface area (Å²) >= 11 is 0. The lowest BCUT2D eigenvalue weighted by molar-refractivity contribution is -0.146. The first-order valence-corrected chi connectivity index (χ1v) is 8.68. The number of nitrogens with one attached hydrogen (secondary N) is 1. The zero-order valence-corrected chi connectivity index (χ0v) is 13.2. The zero-order valence-electron chi connectivity index (χ0n) is 12.4. The molecule has 0 unspecified atom stereocenters. The number of rotatable bonds is 7. The second-order valence-electron chi connectivity index (χ2n) is 5.67. The number of carboxylic acids is 1. The van der Waals surface area contributed by atoms with Crippen molar-refractivity contribution in [3.05, 3.63) is 0 Å². The van der Waals surface area contributed by atoms with E-state index in [1.165, 1.54) is 7.11 Å². The molecule has 122 valence electrons. The van der Waals surface area contributed by atoms with Gasteiger partial charge in [0.05, 0.1) is 12.9 Å². The highest BCUT2D eigenvalue weighted by molar-refractivity contribution is 7.89. The fourth-order valence-corrected chi connectivity index (χ4v) is 3.99. The van der Waals surface area contributed by atoms with Crippen LogP contribution in [0.15, 0.2) is 0 Å². The van der Waals surface area contributed by atoms with Gasteiger partial charge in [0.1, 0.15) is 5.54 Å². The van der Waals surface area contributed by atoms with Crippen LogP contribution in [0.25, 0.3) is 0 Å². The fraction of sp³-hybridized carbons (Fsp3) is 0.846. The number of hydrogen-bond acceptors (Lipinski definition) is 5. The molecule has 0 bridgehead atoms. The second-order valence-corrected chi connectivity index (χ2v) is 7.51. The molecule has 0 radical (unpaired) electrons. The van der Waals surface area contributed by atoms with Crippen molar-refractivity contribution in [3.8, 4) is 0 Å². The molecule has 0 spiro atoms. The van der Waals surface area contributed by atoms with Crippen molar-refractivity contribution in [3.63, 3.8) is 0 Å². The van der Waals surface area contributed by atoms with E-state index in [4.69, 9.17) is 0 Å². The maximum Gasteiger partial charge on any atom is 0.324 e. The molecular weight excluding hydrogens is 298 g/mol. The van der Waals surface area contributed by atoms with E-state index in [2.05, 4.69) is 9.46 Å². The minimum atomic E-state index is -3.74. The minimum absolute atomic E-state index is 0.00544. The first-order chi connectivity index (χ1) is 9.71. The van der Waals surface area contributed by atoms with E-state index in [-0.39, 0.29) is 18.6 Å². The Morgan fingerprint density at radius 1 is 1.33 bits per heavy atom. The lowest BCUT2D eigenvalue weighted by Crippen LogP contribution is -2.56. The molecule has 2 N–H and O–H groups in total. The highest BCUT2D eigenvalue weighted by Crippen LogP contribution is 2.32. The van der Waals surface area contributed by atoms with Gasteiger partial charge < -0.3 is 9.84 Å². The van der Waals surface area contributed by atoms with Gasteiger partial charge in [-0.15, -0.1) is 0 Å². The van der Waals surface area contributed by atoms with Gasteiger partial charge >= 0.3 is 11.9 Å². The Kier molecular flexibility index (Phi) is 6.15. The molecule has 0 atom stereocenters. The molecule has 0 aliphatic heterocycles. The Morgan fingerprint density at radius 2 is 1.90 bits per heavy atom.